The van der Waals surface area contributed by atoms with Gasteiger partial charge in [-0.25, -0.2) is 0 Å². The maximum atomic E-state index is 5.50. The molecular weight excluding hydrogens is 244 g/mol. The largest absolute Gasteiger partial charge is 0.370 e. The van der Waals surface area contributed by atoms with Crippen LogP contribution in [-0.4, -0.2) is 48.3 Å². The van der Waals surface area contributed by atoms with Crippen LogP contribution in [-0.2, 0) is 10.3 Å². The molecule has 0 saturated carbocycles. The van der Waals surface area contributed by atoms with Gasteiger partial charge in [-0.1, -0.05) is 12.1 Å². The molecule has 1 aliphatic heterocycles. The molecule has 0 radical (unpaired) electrons. The first-order valence-corrected chi connectivity index (χ1v) is 6.94. The highest BCUT2D eigenvalue weighted by Crippen LogP contribution is 2.27. The molecule has 1 aliphatic rings. The second-order valence-electron chi connectivity index (χ2n) is 5.21. The minimum Gasteiger partial charge on any atom is -0.370 e. The molecule has 0 amide bonds. The van der Waals surface area contributed by atoms with Gasteiger partial charge in [0, 0.05) is 33.3 Å². The van der Waals surface area contributed by atoms with E-state index < -0.39 is 5.60 Å². The zero-order valence-corrected chi connectivity index (χ0v) is 12.3. The second-order valence-corrected chi connectivity index (χ2v) is 5.21. The molecule has 0 spiro atoms. The van der Waals surface area contributed by atoms with E-state index in [4.69, 9.17) is 9.26 Å². The van der Waals surface area contributed by atoms with Crippen molar-refractivity contribution in [3.8, 4) is 0 Å². The number of aromatic nitrogens is 2. The molecule has 2 rings (SSSR count). The molecule has 1 N–H and O–H groups in total. The zero-order valence-electron chi connectivity index (χ0n) is 12.3. The lowest BCUT2D eigenvalue weighted by Crippen LogP contribution is -2.44. The number of ether oxygens (including phenoxy) is 1. The summed E-state index contributed by atoms with van der Waals surface area (Å²) >= 11 is 0. The Labute approximate surface area is 114 Å². The molecule has 1 fully saturated rings. The van der Waals surface area contributed by atoms with Gasteiger partial charge >= 0.3 is 0 Å². The van der Waals surface area contributed by atoms with Crippen LogP contribution in [0.15, 0.2) is 4.52 Å². The third-order valence-electron chi connectivity index (χ3n) is 4.10. The predicted molar refractivity (Wildman–Crippen MR) is 71.8 cm³/mol. The van der Waals surface area contributed by atoms with Crippen LogP contribution >= 0.6 is 0 Å². The first-order chi connectivity index (χ1) is 9.10. The van der Waals surface area contributed by atoms with Crippen molar-refractivity contribution < 1.29 is 9.26 Å². The van der Waals surface area contributed by atoms with Crippen LogP contribution < -0.4 is 5.32 Å². The fraction of sp³-hybridized carbons (Fsp3) is 0.846. The first kappa shape index (κ1) is 14.4. The molecule has 0 aliphatic carbocycles. The number of methoxy groups -OCH3 is 1. The van der Waals surface area contributed by atoms with Gasteiger partial charge < -0.3 is 14.6 Å². The summed E-state index contributed by atoms with van der Waals surface area (Å²) in [6.45, 7) is 10.2. The van der Waals surface area contributed by atoms with Crippen molar-refractivity contribution in [1.82, 2.24) is 20.4 Å². The molecule has 2 atom stereocenters. The summed E-state index contributed by atoms with van der Waals surface area (Å²) in [5.41, 5.74) is -0.467. The van der Waals surface area contributed by atoms with Gasteiger partial charge in [-0.3, -0.25) is 4.90 Å². The Balaban J connectivity index is 2.11. The van der Waals surface area contributed by atoms with E-state index >= 15 is 0 Å². The average molecular weight is 268 g/mol. The van der Waals surface area contributed by atoms with E-state index in [1.165, 1.54) is 0 Å². The Bertz CT molecular complexity index is 397. The van der Waals surface area contributed by atoms with E-state index in [9.17, 15) is 0 Å². The lowest BCUT2D eigenvalue weighted by atomic mass is 10.0. The monoisotopic (exact) mass is 268 g/mol. The Morgan fingerprint density at radius 1 is 1.47 bits per heavy atom. The molecule has 0 aromatic carbocycles. The molecule has 0 bridgehead atoms. The summed E-state index contributed by atoms with van der Waals surface area (Å²) in [5.74, 6) is 1.31. The zero-order chi connectivity index (χ0) is 13.9. The lowest BCUT2D eigenvalue weighted by molar-refractivity contribution is -0.0106. The maximum Gasteiger partial charge on any atom is 0.243 e. The van der Waals surface area contributed by atoms with Crippen molar-refractivity contribution in [2.24, 2.45) is 0 Å². The highest BCUT2D eigenvalue weighted by molar-refractivity contribution is 5.01. The SMILES string of the molecule is CCC(C)(OC)c1noc(C(C)N2CCNCC2)n1. The van der Waals surface area contributed by atoms with E-state index in [0.29, 0.717) is 11.7 Å². The molecule has 1 aromatic heterocycles. The smallest absolute Gasteiger partial charge is 0.243 e. The number of nitrogens with zero attached hydrogens (tertiary/aromatic N) is 3. The lowest BCUT2D eigenvalue weighted by Gasteiger charge is -2.30. The third kappa shape index (κ3) is 2.96. The number of hydrogen-bond acceptors (Lipinski definition) is 6. The normalized spacial score (nSPS) is 22.1. The Morgan fingerprint density at radius 3 is 2.74 bits per heavy atom. The number of hydrogen-bond donors (Lipinski definition) is 1. The third-order valence-corrected chi connectivity index (χ3v) is 4.10. The van der Waals surface area contributed by atoms with Crippen LogP contribution in [0.5, 0.6) is 0 Å². The van der Waals surface area contributed by atoms with Gasteiger partial charge in [0.25, 0.3) is 0 Å². The quantitative estimate of drug-likeness (QED) is 0.868. The molecule has 6 nitrogen and oxygen atoms in total. The van der Waals surface area contributed by atoms with E-state index in [1.54, 1.807) is 7.11 Å². The van der Waals surface area contributed by atoms with E-state index in [0.717, 1.165) is 32.6 Å². The molecule has 1 saturated heterocycles. The Morgan fingerprint density at radius 2 is 2.16 bits per heavy atom. The standard InChI is InChI=1S/C13H24N4O2/c1-5-13(3,18-4)12-15-11(19-16-12)10(2)17-8-6-14-7-9-17/h10,14H,5-9H2,1-4H3. The van der Waals surface area contributed by atoms with Crippen LogP contribution in [0.4, 0.5) is 0 Å². The van der Waals surface area contributed by atoms with Crippen molar-refractivity contribution in [2.45, 2.75) is 38.8 Å². The molecular formula is C13H24N4O2. The van der Waals surface area contributed by atoms with Crippen LogP contribution in [0.25, 0.3) is 0 Å². The number of rotatable bonds is 5. The summed E-state index contributed by atoms with van der Waals surface area (Å²) in [6, 6.07) is 0.154. The van der Waals surface area contributed by atoms with Crippen LogP contribution in [0.1, 0.15) is 44.9 Å². The van der Waals surface area contributed by atoms with Crippen molar-refractivity contribution in [2.75, 3.05) is 33.3 Å². The maximum absolute atomic E-state index is 5.50. The molecule has 19 heavy (non-hydrogen) atoms. The molecule has 2 heterocycles. The van der Waals surface area contributed by atoms with E-state index in [-0.39, 0.29) is 6.04 Å². The van der Waals surface area contributed by atoms with Crippen molar-refractivity contribution in [3.05, 3.63) is 11.7 Å². The highest BCUT2D eigenvalue weighted by Gasteiger charge is 2.32. The fourth-order valence-corrected chi connectivity index (χ4v) is 2.24. The van der Waals surface area contributed by atoms with Gasteiger partial charge in [0.15, 0.2) is 0 Å². The van der Waals surface area contributed by atoms with Gasteiger partial charge in [-0.2, -0.15) is 4.98 Å². The summed E-state index contributed by atoms with van der Waals surface area (Å²) < 4.78 is 10.9. The van der Waals surface area contributed by atoms with Crippen molar-refractivity contribution in [3.63, 3.8) is 0 Å². The summed E-state index contributed by atoms with van der Waals surface area (Å²) in [5, 5.41) is 7.43. The molecule has 1 aromatic rings. The second kappa shape index (κ2) is 5.98. The molecule has 2 unspecified atom stereocenters. The first-order valence-electron chi connectivity index (χ1n) is 6.94. The Hall–Kier alpha value is -0.980. The molecule has 6 heteroatoms. The minimum absolute atomic E-state index is 0.154. The van der Waals surface area contributed by atoms with Gasteiger partial charge in [-0.05, 0) is 20.3 Å². The number of nitrogens with one attached hydrogen (secondary N) is 1. The minimum atomic E-state index is -0.467. The topological polar surface area (TPSA) is 63.4 Å². The van der Waals surface area contributed by atoms with Crippen LogP contribution in [0, 0.1) is 0 Å². The average Bonchev–Trinajstić information content (AvgIpc) is 2.97. The number of piperazine rings is 1. The summed E-state index contributed by atoms with van der Waals surface area (Å²) in [7, 11) is 1.68. The summed E-state index contributed by atoms with van der Waals surface area (Å²) in [6.07, 6.45) is 0.810. The van der Waals surface area contributed by atoms with Gasteiger partial charge in [0.1, 0.15) is 5.60 Å². The van der Waals surface area contributed by atoms with Crippen molar-refractivity contribution >= 4 is 0 Å². The van der Waals surface area contributed by atoms with Gasteiger partial charge in [-0.15, -0.1) is 0 Å². The van der Waals surface area contributed by atoms with Crippen LogP contribution in [0.3, 0.4) is 0 Å². The van der Waals surface area contributed by atoms with E-state index in [1.807, 2.05) is 6.92 Å². The Kier molecular flexibility index (Phi) is 4.54. The molecule has 108 valence electrons. The fourth-order valence-electron chi connectivity index (χ4n) is 2.24. The van der Waals surface area contributed by atoms with Crippen LogP contribution in [0.2, 0.25) is 0 Å². The van der Waals surface area contributed by atoms with Gasteiger partial charge in [0.2, 0.25) is 11.7 Å². The van der Waals surface area contributed by atoms with Gasteiger partial charge in [0.05, 0.1) is 6.04 Å². The van der Waals surface area contributed by atoms with E-state index in [2.05, 4.69) is 34.2 Å². The summed E-state index contributed by atoms with van der Waals surface area (Å²) in [4.78, 5) is 6.89. The van der Waals surface area contributed by atoms with Crippen molar-refractivity contribution in [1.29, 1.82) is 0 Å². The highest BCUT2D eigenvalue weighted by atomic mass is 16.5. The predicted octanol–water partition coefficient (Wildman–Crippen LogP) is 1.31.